The van der Waals surface area contributed by atoms with Gasteiger partial charge in [-0.3, -0.25) is 19.4 Å². The molecule has 0 bridgehead atoms. The van der Waals surface area contributed by atoms with E-state index in [2.05, 4.69) is 15.4 Å². The Hall–Kier alpha value is -3.64. The number of hydrogen-bond donors (Lipinski definition) is 1. The summed E-state index contributed by atoms with van der Waals surface area (Å²) < 4.78 is 40.5. The van der Waals surface area contributed by atoms with Gasteiger partial charge in [0.15, 0.2) is 0 Å². The zero-order valence-electron chi connectivity index (χ0n) is 22.2. The highest BCUT2D eigenvalue weighted by atomic mass is 35.5. The number of alkyl halides is 3. The molecule has 9 nitrogen and oxygen atoms in total. The second kappa shape index (κ2) is 10.6. The molecule has 0 aliphatic carbocycles. The number of nitrogens with one attached hydrogen (secondary N) is 1. The van der Waals surface area contributed by atoms with E-state index in [1.54, 1.807) is 17.9 Å². The largest absolute Gasteiger partial charge is 0.433 e. The van der Waals surface area contributed by atoms with Gasteiger partial charge in [-0.05, 0) is 43.7 Å². The highest BCUT2D eigenvalue weighted by molar-refractivity contribution is 6.42. The summed E-state index contributed by atoms with van der Waals surface area (Å²) in [5.41, 5.74) is 0.917. The Morgan fingerprint density at radius 1 is 1.15 bits per heavy atom. The lowest BCUT2D eigenvalue weighted by molar-refractivity contribution is -0.141. The van der Waals surface area contributed by atoms with Crippen LogP contribution in [0.25, 0.3) is 0 Å². The van der Waals surface area contributed by atoms with Crippen LogP contribution in [0.5, 0.6) is 0 Å². The van der Waals surface area contributed by atoms with Crippen LogP contribution >= 0.6 is 23.2 Å². The molecule has 1 N–H and O–H groups in total. The number of carbonyl (C=O) groups excluding carboxylic acids is 3. The fourth-order valence-electron chi connectivity index (χ4n) is 5.26. The molecule has 4 heterocycles. The van der Waals surface area contributed by atoms with Crippen LogP contribution in [0.2, 0.25) is 10.0 Å². The van der Waals surface area contributed by atoms with Crippen molar-refractivity contribution in [1.29, 1.82) is 0 Å². The molecule has 1 aromatic carbocycles. The molecular weight excluding hydrogens is 584 g/mol. The summed E-state index contributed by atoms with van der Waals surface area (Å²) in [6.45, 7) is 3.52. The van der Waals surface area contributed by atoms with Crippen LogP contribution in [0.4, 0.5) is 13.2 Å². The Kier molecular flexibility index (Phi) is 7.49. The van der Waals surface area contributed by atoms with E-state index in [-0.39, 0.29) is 35.8 Å². The van der Waals surface area contributed by atoms with Gasteiger partial charge in [0.05, 0.1) is 34.9 Å². The van der Waals surface area contributed by atoms with Crippen molar-refractivity contribution >= 4 is 40.9 Å². The molecule has 2 aliphatic heterocycles. The normalized spacial score (nSPS) is 19.5. The van der Waals surface area contributed by atoms with Crippen LogP contribution in [0, 0.1) is 0 Å². The van der Waals surface area contributed by atoms with Gasteiger partial charge in [0.25, 0.3) is 11.8 Å². The zero-order valence-corrected chi connectivity index (χ0v) is 23.7. The monoisotopic (exact) mass is 608 g/mol. The lowest BCUT2D eigenvalue weighted by Crippen LogP contribution is -2.49. The van der Waals surface area contributed by atoms with Crippen molar-refractivity contribution < 1.29 is 27.6 Å². The van der Waals surface area contributed by atoms with E-state index in [0.29, 0.717) is 33.8 Å². The van der Waals surface area contributed by atoms with Gasteiger partial charge >= 0.3 is 6.18 Å². The number of rotatable bonds is 4. The lowest BCUT2D eigenvalue weighted by Gasteiger charge is -2.38. The van der Waals surface area contributed by atoms with E-state index in [1.165, 1.54) is 34.8 Å². The molecule has 3 amide bonds. The molecule has 3 aromatic rings. The highest BCUT2D eigenvalue weighted by Gasteiger charge is 2.43. The third-order valence-corrected chi connectivity index (χ3v) is 8.31. The summed E-state index contributed by atoms with van der Waals surface area (Å²) in [5, 5.41) is 7.78. The highest BCUT2D eigenvalue weighted by Crippen LogP contribution is 2.36. The molecule has 5 rings (SSSR count). The first-order chi connectivity index (χ1) is 19.3. The first-order valence-corrected chi connectivity index (χ1v) is 13.5. The smallest absolute Gasteiger partial charge is 0.357 e. The molecule has 0 unspecified atom stereocenters. The maximum absolute atomic E-state index is 14.0. The number of fused-ring (bicyclic) bond motifs is 3. The maximum atomic E-state index is 14.0. The van der Waals surface area contributed by atoms with E-state index in [9.17, 15) is 27.6 Å². The molecule has 41 heavy (non-hydrogen) atoms. The Bertz CT molecular complexity index is 1540. The average molecular weight is 609 g/mol. The summed E-state index contributed by atoms with van der Waals surface area (Å²) in [4.78, 5) is 46.9. The van der Waals surface area contributed by atoms with Gasteiger partial charge < -0.3 is 15.1 Å². The molecule has 3 atom stereocenters. The number of likely N-dealkylation sites (N-methyl/N-ethyl adjacent to an activating group) is 1. The van der Waals surface area contributed by atoms with E-state index >= 15 is 0 Å². The number of aromatic nitrogens is 3. The Morgan fingerprint density at radius 2 is 1.88 bits per heavy atom. The van der Waals surface area contributed by atoms with Gasteiger partial charge in [0, 0.05) is 36.8 Å². The maximum Gasteiger partial charge on any atom is 0.433 e. The van der Waals surface area contributed by atoms with Crippen molar-refractivity contribution in [1.82, 2.24) is 29.9 Å². The molecule has 0 radical (unpaired) electrons. The SMILES string of the molecule is CNC(=O)[C@@H]1CN([C@H](C)c2ccc(C(F)(F)F)nc2)C(=O)c2c3c(nn21)C[C@@H](C)N(C(=O)c1ccc(Cl)c(Cl)c1)C3. The second-order valence-electron chi connectivity index (χ2n) is 10.1. The average Bonchev–Trinajstić information content (AvgIpc) is 3.31. The van der Waals surface area contributed by atoms with Crippen molar-refractivity contribution in [3.63, 3.8) is 0 Å². The summed E-state index contributed by atoms with van der Waals surface area (Å²) in [6.07, 6.45) is -3.18. The molecule has 216 valence electrons. The summed E-state index contributed by atoms with van der Waals surface area (Å²) in [6, 6.07) is 4.84. The quantitative estimate of drug-likeness (QED) is 0.463. The van der Waals surface area contributed by atoms with Crippen molar-refractivity contribution in [3.8, 4) is 0 Å². The predicted octanol–water partition coefficient (Wildman–Crippen LogP) is 4.69. The second-order valence-corrected chi connectivity index (χ2v) is 10.9. The molecular formula is C27H25Cl2F3N6O3. The van der Waals surface area contributed by atoms with Crippen LogP contribution in [0.3, 0.4) is 0 Å². The van der Waals surface area contributed by atoms with E-state index in [0.717, 1.165) is 12.3 Å². The standard InChI is InChI=1S/C27H25Cl2F3N6O3/c1-13-8-20-17(11-36(13)25(40)15-4-6-18(28)19(29)9-15)23-26(41)37(12-21(24(39)33-3)38(23)35-20)14(2)16-5-7-22(34-10-16)27(30,31)32/h4-7,9-10,13-14,21H,8,11-12H2,1-3H3,(H,33,39)/t13-,14-,21+/m1/s1. The lowest BCUT2D eigenvalue weighted by atomic mass is 9.96. The van der Waals surface area contributed by atoms with Crippen molar-refractivity contribution in [2.24, 2.45) is 0 Å². The van der Waals surface area contributed by atoms with Crippen molar-refractivity contribution in [2.45, 2.75) is 51.1 Å². The van der Waals surface area contributed by atoms with Gasteiger partial charge in [-0.1, -0.05) is 29.3 Å². The van der Waals surface area contributed by atoms with Crippen LogP contribution in [0.1, 0.15) is 69.3 Å². The van der Waals surface area contributed by atoms with Gasteiger partial charge in [0.1, 0.15) is 17.4 Å². The number of benzene rings is 1. The van der Waals surface area contributed by atoms with Crippen molar-refractivity contribution in [2.75, 3.05) is 13.6 Å². The first-order valence-electron chi connectivity index (χ1n) is 12.7. The van der Waals surface area contributed by atoms with Crippen LogP contribution in [-0.4, -0.2) is 61.9 Å². The predicted molar refractivity (Wildman–Crippen MR) is 144 cm³/mol. The minimum Gasteiger partial charge on any atom is -0.357 e. The molecule has 2 aromatic heterocycles. The molecule has 14 heteroatoms. The number of pyridine rings is 1. The Labute approximate surface area is 243 Å². The van der Waals surface area contributed by atoms with E-state index in [4.69, 9.17) is 23.2 Å². The fourth-order valence-corrected chi connectivity index (χ4v) is 5.56. The first kappa shape index (κ1) is 28.9. The molecule has 0 fully saturated rings. The molecule has 2 aliphatic rings. The molecule has 0 saturated heterocycles. The summed E-state index contributed by atoms with van der Waals surface area (Å²) in [5.74, 6) is -1.16. The minimum atomic E-state index is -4.60. The summed E-state index contributed by atoms with van der Waals surface area (Å²) in [7, 11) is 1.47. The Morgan fingerprint density at radius 3 is 2.49 bits per heavy atom. The number of amides is 3. The van der Waals surface area contributed by atoms with Gasteiger partial charge in [-0.15, -0.1) is 0 Å². The van der Waals surface area contributed by atoms with Gasteiger partial charge in [0.2, 0.25) is 5.91 Å². The van der Waals surface area contributed by atoms with E-state index < -0.39 is 35.8 Å². The van der Waals surface area contributed by atoms with Crippen LogP contribution in [-0.2, 0) is 23.9 Å². The van der Waals surface area contributed by atoms with Gasteiger partial charge in [-0.25, -0.2) is 4.68 Å². The number of carbonyl (C=O) groups is 3. The fraction of sp³-hybridized carbons (Fsp3) is 0.370. The Balaban J connectivity index is 1.52. The summed E-state index contributed by atoms with van der Waals surface area (Å²) >= 11 is 12.1. The number of hydrogen-bond acceptors (Lipinski definition) is 5. The van der Waals surface area contributed by atoms with Gasteiger partial charge in [-0.2, -0.15) is 18.3 Å². The molecule has 0 saturated carbocycles. The third-order valence-electron chi connectivity index (χ3n) is 7.57. The third kappa shape index (κ3) is 5.14. The van der Waals surface area contributed by atoms with Crippen LogP contribution in [0.15, 0.2) is 36.5 Å². The van der Waals surface area contributed by atoms with Crippen molar-refractivity contribution in [3.05, 3.63) is 80.3 Å². The van der Waals surface area contributed by atoms with Crippen LogP contribution < -0.4 is 5.32 Å². The number of halogens is 5. The zero-order chi connectivity index (χ0) is 29.8. The van der Waals surface area contributed by atoms with E-state index in [1.807, 2.05) is 6.92 Å². The minimum absolute atomic E-state index is 0.0567. The molecule has 0 spiro atoms. The number of nitrogens with zero attached hydrogens (tertiary/aromatic N) is 5. The topological polar surface area (TPSA) is 100 Å².